The molecule has 0 bridgehead atoms. The highest BCUT2D eigenvalue weighted by Gasteiger charge is 2.27. The fraction of sp³-hybridized carbons (Fsp3) is 1.00. The third-order valence-corrected chi connectivity index (χ3v) is 3.92. The van der Waals surface area contributed by atoms with Crippen molar-refractivity contribution < 1.29 is 0 Å². The number of likely N-dealkylation sites (N-methyl/N-ethyl adjacent to an activating group) is 1. The molecular formula is C13H29N3. The normalized spacial score (nSPS) is 29.6. The third-order valence-electron chi connectivity index (χ3n) is 3.92. The van der Waals surface area contributed by atoms with Crippen LogP contribution in [0, 0.1) is 0 Å². The lowest BCUT2D eigenvalue weighted by atomic mass is 10.1. The SMILES string of the molecule is CNCCC1CN(C)C(C)CCN1C(C)C. The molecule has 96 valence electrons. The Morgan fingerprint density at radius 3 is 2.62 bits per heavy atom. The number of hydrogen-bond acceptors (Lipinski definition) is 3. The molecule has 0 aromatic rings. The minimum Gasteiger partial charge on any atom is -0.320 e. The quantitative estimate of drug-likeness (QED) is 0.783. The van der Waals surface area contributed by atoms with Gasteiger partial charge in [-0.15, -0.1) is 0 Å². The van der Waals surface area contributed by atoms with Gasteiger partial charge in [0.05, 0.1) is 0 Å². The van der Waals surface area contributed by atoms with E-state index in [1.54, 1.807) is 0 Å². The summed E-state index contributed by atoms with van der Waals surface area (Å²) in [5.41, 5.74) is 0. The Morgan fingerprint density at radius 1 is 1.38 bits per heavy atom. The van der Waals surface area contributed by atoms with Gasteiger partial charge in [-0.25, -0.2) is 0 Å². The van der Waals surface area contributed by atoms with E-state index in [0.29, 0.717) is 12.1 Å². The molecule has 0 saturated carbocycles. The lowest BCUT2D eigenvalue weighted by Gasteiger charge is -2.34. The lowest BCUT2D eigenvalue weighted by molar-refractivity contribution is 0.140. The first-order chi connectivity index (χ1) is 7.56. The van der Waals surface area contributed by atoms with E-state index >= 15 is 0 Å². The van der Waals surface area contributed by atoms with Crippen LogP contribution in [0.5, 0.6) is 0 Å². The summed E-state index contributed by atoms with van der Waals surface area (Å²) in [6.45, 7) is 10.6. The number of hydrogen-bond donors (Lipinski definition) is 1. The Kier molecular flexibility index (Phi) is 5.73. The lowest BCUT2D eigenvalue weighted by Crippen LogP contribution is -2.45. The molecule has 0 spiro atoms. The molecule has 2 unspecified atom stereocenters. The van der Waals surface area contributed by atoms with E-state index in [0.717, 1.165) is 12.6 Å². The molecule has 0 amide bonds. The van der Waals surface area contributed by atoms with E-state index in [1.165, 1.54) is 25.9 Å². The molecular weight excluding hydrogens is 198 g/mol. The summed E-state index contributed by atoms with van der Waals surface area (Å²) in [6, 6.07) is 2.10. The van der Waals surface area contributed by atoms with Gasteiger partial charge in [-0.3, -0.25) is 4.90 Å². The summed E-state index contributed by atoms with van der Waals surface area (Å²) in [7, 11) is 4.31. The Hall–Kier alpha value is -0.120. The van der Waals surface area contributed by atoms with Gasteiger partial charge in [-0.2, -0.15) is 0 Å². The summed E-state index contributed by atoms with van der Waals surface area (Å²) in [5, 5.41) is 3.28. The monoisotopic (exact) mass is 227 g/mol. The van der Waals surface area contributed by atoms with Crippen LogP contribution in [0.4, 0.5) is 0 Å². The molecule has 3 nitrogen and oxygen atoms in total. The minimum atomic E-state index is 0.667. The predicted octanol–water partition coefficient (Wildman–Crippen LogP) is 1.40. The second-order valence-corrected chi connectivity index (χ2v) is 5.45. The van der Waals surface area contributed by atoms with Crippen molar-refractivity contribution in [2.24, 2.45) is 0 Å². The van der Waals surface area contributed by atoms with Crippen LogP contribution in [-0.2, 0) is 0 Å². The number of rotatable bonds is 4. The first kappa shape index (κ1) is 13.9. The van der Waals surface area contributed by atoms with E-state index in [9.17, 15) is 0 Å². The van der Waals surface area contributed by atoms with Crippen LogP contribution in [0.3, 0.4) is 0 Å². The van der Waals surface area contributed by atoms with E-state index in [1.807, 2.05) is 7.05 Å². The molecule has 1 aliphatic rings. The van der Waals surface area contributed by atoms with Crippen LogP contribution in [0.1, 0.15) is 33.6 Å². The van der Waals surface area contributed by atoms with Gasteiger partial charge >= 0.3 is 0 Å². The maximum absolute atomic E-state index is 3.28. The van der Waals surface area contributed by atoms with Crippen molar-refractivity contribution in [3.8, 4) is 0 Å². The topological polar surface area (TPSA) is 18.5 Å². The highest BCUT2D eigenvalue weighted by molar-refractivity contribution is 4.84. The van der Waals surface area contributed by atoms with Crippen molar-refractivity contribution in [1.29, 1.82) is 0 Å². The predicted molar refractivity (Wildman–Crippen MR) is 70.9 cm³/mol. The fourth-order valence-electron chi connectivity index (χ4n) is 2.60. The molecule has 0 aromatic carbocycles. The Balaban J connectivity index is 2.63. The average Bonchev–Trinajstić information content (AvgIpc) is 2.37. The zero-order chi connectivity index (χ0) is 12.1. The number of nitrogens with zero attached hydrogens (tertiary/aromatic N) is 2. The van der Waals surface area contributed by atoms with Gasteiger partial charge in [0.2, 0.25) is 0 Å². The summed E-state index contributed by atoms with van der Waals surface area (Å²) in [6.07, 6.45) is 2.55. The molecule has 1 rings (SSSR count). The van der Waals surface area contributed by atoms with Crippen molar-refractivity contribution in [1.82, 2.24) is 15.1 Å². The largest absolute Gasteiger partial charge is 0.320 e. The van der Waals surface area contributed by atoms with E-state index in [4.69, 9.17) is 0 Å². The van der Waals surface area contributed by atoms with Crippen molar-refractivity contribution in [3.05, 3.63) is 0 Å². The van der Waals surface area contributed by atoms with E-state index in [2.05, 4.69) is 42.9 Å². The van der Waals surface area contributed by atoms with Crippen LogP contribution in [0.15, 0.2) is 0 Å². The molecule has 0 aromatic heterocycles. The van der Waals surface area contributed by atoms with Crippen LogP contribution >= 0.6 is 0 Å². The van der Waals surface area contributed by atoms with Crippen LogP contribution in [0.25, 0.3) is 0 Å². The molecule has 0 aliphatic carbocycles. The number of nitrogens with one attached hydrogen (secondary N) is 1. The minimum absolute atomic E-state index is 0.667. The van der Waals surface area contributed by atoms with Crippen molar-refractivity contribution in [3.63, 3.8) is 0 Å². The first-order valence-electron chi connectivity index (χ1n) is 6.66. The third kappa shape index (κ3) is 3.72. The van der Waals surface area contributed by atoms with Crippen LogP contribution in [-0.4, -0.2) is 61.7 Å². The Bertz CT molecular complexity index is 194. The molecule has 1 aliphatic heterocycles. The standard InChI is InChI=1S/C13H29N3/c1-11(2)16-9-7-12(3)15(5)10-13(16)6-8-14-4/h11-14H,6-10H2,1-5H3. The average molecular weight is 227 g/mol. The first-order valence-corrected chi connectivity index (χ1v) is 6.66. The molecule has 1 heterocycles. The molecule has 3 heteroatoms. The van der Waals surface area contributed by atoms with Gasteiger partial charge < -0.3 is 10.2 Å². The maximum atomic E-state index is 3.28. The summed E-state index contributed by atoms with van der Waals surface area (Å²) >= 11 is 0. The highest BCUT2D eigenvalue weighted by atomic mass is 15.3. The van der Waals surface area contributed by atoms with Crippen molar-refractivity contribution in [2.45, 2.75) is 51.7 Å². The van der Waals surface area contributed by atoms with Gasteiger partial charge in [-0.05, 0) is 54.3 Å². The van der Waals surface area contributed by atoms with Gasteiger partial charge in [-0.1, -0.05) is 0 Å². The van der Waals surface area contributed by atoms with E-state index < -0.39 is 0 Å². The second-order valence-electron chi connectivity index (χ2n) is 5.45. The van der Waals surface area contributed by atoms with Crippen LogP contribution < -0.4 is 5.32 Å². The van der Waals surface area contributed by atoms with Gasteiger partial charge in [0.25, 0.3) is 0 Å². The van der Waals surface area contributed by atoms with Gasteiger partial charge in [0.15, 0.2) is 0 Å². The van der Waals surface area contributed by atoms with Crippen LogP contribution in [0.2, 0.25) is 0 Å². The zero-order valence-corrected chi connectivity index (χ0v) is 11.7. The van der Waals surface area contributed by atoms with Crippen molar-refractivity contribution >= 4 is 0 Å². The van der Waals surface area contributed by atoms with Gasteiger partial charge in [0.1, 0.15) is 0 Å². The maximum Gasteiger partial charge on any atom is 0.0237 e. The molecule has 2 atom stereocenters. The molecule has 1 saturated heterocycles. The molecule has 0 radical (unpaired) electrons. The van der Waals surface area contributed by atoms with Gasteiger partial charge in [0, 0.05) is 31.2 Å². The summed E-state index contributed by atoms with van der Waals surface area (Å²) < 4.78 is 0. The summed E-state index contributed by atoms with van der Waals surface area (Å²) in [4.78, 5) is 5.19. The van der Waals surface area contributed by atoms with E-state index in [-0.39, 0.29) is 0 Å². The van der Waals surface area contributed by atoms with Crippen molar-refractivity contribution in [2.75, 3.05) is 33.7 Å². The second kappa shape index (κ2) is 6.58. The molecule has 16 heavy (non-hydrogen) atoms. The summed E-state index contributed by atoms with van der Waals surface area (Å²) in [5.74, 6) is 0. The smallest absolute Gasteiger partial charge is 0.0237 e. The Morgan fingerprint density at radius 2 is 2.06 bits per heavy atom. The molecule has 1 N–H and O–H groups in total. The molecule has 1 fully saturated rings. The Labute approximate surface area is 101 Å². The highest BCUT2D eigenvalue weighted by Crippen LogP contribution is 2.18. The fourth-order valence-corrected chi connectivity index (χ4v) is 2.60. The zero-order valence-electron chi connectivity index (χ0n) is 11.7.